The summed E-state index contributed by atoms with van der Waals surface area (Å²) in [5.41, 5.74) is 6.28. The molecule has 1 aromatic heterocycles. The number of piperidine rings is 1. The van der Waals surface area contributed by atoms with Gasteiger partial charge >= 0.3 is 0 Å². The number of aryl methyl sites for hydroxylation is 2. The van der Waals surface area contributed by atoms with Crippen molar-refractivity contribution in [2.45, 2.75) is 63.6 Å². The van der Waals surface area contributed by atoms with Crippen LogP contribution in [0.15, 0.2) is 47.4 Å². The summed E-state index contributed by atoms with van der Waals surface area (Å²) in [7, 11) is -0.971. The molecule has 8 heteroatoms. The van der Waals surface area contributed by atoms with E-state index in [2.05, 4.69) is 36.2 Å². The number of amides is 1. The van der Waals surface area contributed by atoms with E-state index in [0.717, 1.165) is 59.8 Å². The van der Waals surface area contributed by atoms with E-state index in [4.69, 9.17) is 4.74 Å². The molecular formula is C31H35N3O3S2. The van der Waals surface area contributed by atoms with Gasteiger partial charge in [-0.25, -0.2) is 0 Å². The predicted octanol–water partition coefficient (Wildman–Crippen LogP) is 5.36. The third kappa shape index (κ3) is 5.87. The summed E-state index contributed by atoms with van der Waals surface area (Å²) in [6.07, 6.45) is 2.65. The molecule has 1 unspecified atom stereocenters. The topological polar surface area (TPSA) is 82.4 Å². The maximum Gasteiger partial charge on any atom is 0.261 e. The molecule has 0 bridgehead atoms. The normalized spacial score (nSPS) is 17.4. The van der Waals surface area contributed by atoms with Gasteiger partial charge in [0, 0.05) is 41.7 Å². The van der Waals surface area contributed by atoms with E-state index in [1.54, 1.807) is 11.3 Å². The van der Waals surface area contributed by atoms with Crippen LogP contribution in [-0.2, 0) is 40.6 Å². The lowest BCUT2D eigenvalue weighted by Crippen LogP contribution is -2.45. The molecule has 6 nitrogen and oxygen atoms in total. The zero-order chi connectivity index (χ0) is 27.6. The van der Waals surface area contributed by atoms with Crippen LogP contribution in [0.2, 0.25) is 0 Å². The van der Waals surface area contributed by atoms with Crippen molar-refractivity contribution < 1.29 is 13.7 Å². The molecule has 2 aromatic carbocycles. The van der Waals surface area contributed by atoms with Gasteiger partial charge in [0.25, 0.3) is 5.91 Å². The molecule has 0 radical (unpaired) electrons. The molecule has 1 amide bonds. The van der Waals surface area contributed by atoms with Crippen LogP contribution in [0.1, 0.15) is 67.7 Å². The van der Waals surface area contributed by atoms with Crippen LogP contribution in [0, 0.1) is 25.2 Å². The van der Waals surface area contributed by atoms with Crippen molar-refractivity contribution in [2.24, 2.45) is 0 Å². The maximum atomic E-state index is 13.1. The number of hydrogen-bond acceptors (Lipinski definition) is 6. The van der Waals surface area contributed by atoms with Crippen molar-refractivity contribution in [1.29, 1.82) is 5.26 Å². The Hall–Kier alpha value is -2.83. The second-order valence-electron chi connectivity index (χ2n) is 10.5. The zero-order valence-electron chi connectivity index (χ0n) is 22.8. The van der Waals surface area contributed by atoms with Crippen LogP contribution in [0.3, 0.4) is 0 Å². The highest BCUT2D eigenvalue weighted by Crippen LogP contribution is 2.45. The number of nitrogens with zero attached hydrogens (tertiary/aromatic N) is 2. The minimum atomic E-state index is -0.971. The van der Waals surface area contributed by atoms with Gasteiger partial charge in [0.05, 0.1) is 33.9 Å². The summed E-state index contributed by atoms with van der Waals surface area (Å²) >= 11 is 1.58. The lowest BCUT2D eigenvalue weighted by atomic mass is 9.85. The second kappa shape index (κ2) is 11.7. The van der Waals surface area contributed by atoms with E-state index in [0.29, 0.717) is 18.9 Å². The van der Waals surface area contributed by atoms with Crippen molar-refractivity contribution in [1.82, 2.24) is 10.2 Å². The highest BCUT2D eigenvalue weighted by atomic mass is 32.2. The van der Waals surface area contributed by atoms with Crippen LogP contribution in [-0.4, -0.2) is 40.5 Å². The fourth-order valence-electron chi connectivity index (χ4n) is 5.70. The van der Waals surface area contributed by atoms with Gasteiger partial charge in [0.1, 0.15) is 5.60 Å². The maximum absolute atomic E-state index is 13.1. The molecule has 5 rings (SSSR count). The SMILES string of the molecule is CCS(=O)c1ccc(CNC(=O)c2cc3c(s2)C2(CCN(Cc4c(C)cc(C#N)cc4C)CC2)OCC3)cc1. The van der Waals surface area contributed by atoms with E-state index < -0.39 is 10.8 Å². The van der Waals surface area contributed by atoms with E-state index in [-0.39, 0.29) is 11.5 Å². The summed E-state index contributed by atoms with van der Waals surface area (Å²) in [6, 6.07) is 15.9. The highest BCUT2D eigenvalue weighted by molar-refractivity contribution is 7.85. The fraction of sp³-hybridized carbons (Fsp3) is 0.419. The Morgan fingerprint density at radius 1 is 1.15 bits per heavy atom. The number of nitrogens with one attached hydrogen (secondary N) is 1. The van der Waals surface area contributed by atoms with E-state index in [1.807, 2.05) is 43.3 Å². The molecule has 0 aliphatic carbocycles. The number of fused-ring (bicyclic) bond motifs is 2. The van der Waals surface area contributed by atoms with Crippen LogP contribution in [0.4, 0.5) is 0 Å². The summed E-state index contributed by atoms with van der Waals surface area (Å²) in [5, 5.41) is 12.3. The minimum Gasteiger partial charge on any atom is -0.369 e. The van der Waals surface area contributed by atoms with Crippen molar-refractivity contribution in [2.75, 3.05) is 25.4 Å². The zero-order valence-corrected chi connectivity index (χ0v) is 24.5. The summed E-state index contributed by atoms with van der Waals surface area (Å²) < 4.78 is 18.4. The Morgan fingerprint density at radius 2 is 1.85 bits per heavy atom. The Balaban J connectivity index is 1.23. The van der Waals surface area contributed by atoms with E-state index in [1.165, 1.54) is 27.1 Å². The minimum absolute atomic E-state index is 0.0602. The van der Waals surface area contributed by atoms with E-state index in [9.17, 15) is 14.3 Å². The van der Waals surface area contributed by atoms with Gasteiger partial charge in [0.15, 0.2) is 0 Å². The number of carbonyl (C=O) groups excluding carboxylic acids is 1. The quantitative estimate of drug-likeness (QED) is 0.420. The number of nitriles is 1. The summed E-state index contributed by atoms with van der Waals surface area (Å²) in [5.74, 6) is 0.536. The lowest BCUT2D eigenvalue weighted by molar-refractivity contribution is -0.0961. The molecular weight excluding hydrogens is 526 g/mol. The fourth-order valence-corrected chi connectivity index (χ4v) is 7.80. The van der Waals surface area contributed by atoms with Gasteiger partial charge in [-0.15, -0.1) is 11.3 Å². The van der Waals surface area contributed by atoms with Gasteiger partial charge in [-0.3, -0.25) is 13.9 Å². The Kier molecular flexibility index (Phi) is 8.34. The van der Waals surface area contributed by atoms with Gasteiger partial charge in [-0.1, -0.05) is 19.1 Å². The van der Waals surface area contributed by atoms with E-state index >= 15 is 0 Å². The summed E-state index contributed by atoms with van der Waals surface area (Å²) in [4.78, 5) is 18.3. The van der Waals surface area contributed by atoms with Crippen LogP contribution in [0.5, 0.6) is 0 Å². The predicted molar refractivity (Wildman–Crippen MR) is 155 cm³/mol. The highest BCUT2D eigenvalue weighted by Gasteiger charge is 2.42. The number of benzene rings is 2. The van der Waals surface area contributed by atoms with Crippen LogP contribution < -0.4 is 5.32 Å². The van der Waals surface area contributed by atoms with Gasteiger partial charge < -0.3 is 10.1 Å². The second-order valence-corrected chi connectivity index (χ2v) is 13.3. The number of thiophene rings is 1. The molecule has 0 saturated carbocycles. The number of carbonyl (C=O) groups is 1. The third-order valence-corrected chi connectivity index (χ3v) is 10.7. The standard InChI is InChI=1S/C31H35N3O3S2/c1-4-39(36)26-7-5-23(6-8-26)19-33-30(35)28-17-25-9-14-37-31(29(25)38-28)10-12-34(13-11-31)20-27-21(2)15-24(18-32)16-22(27)3/h5-8,15-17H,4,9-14,19-20H2,1-3H3,(H,33,35). The van der Waals surface area contributed by atoms with Crippen molar-refractivity contribution in [3.63, 3.8) is 0 Å². The molecule has 204 valence electrons. The first-order valence-electron chi connectivity index (χ1n) is 13.6. The monoisotopic (exact) mass is 561 g/mol. The third-order valence-electron chi connectivity index (χ3n) is 7.97. The molecule has 39 heavy (non-hydrogen) atoms. The molecule has 1 fully saturated rings. The average Bonchev–Trinajstić information content (AvgIpc) is 3.41. The van der Waals surface area contributed by atoms with Crippen molar-refractivity contribution in [3.05, 3.63) is 85.6 Å². The number of rotatable bonds is 7. The largest absolute Gasteiger partial charge is 0.369 e. The van der Waals surface area contributed by atoms with Crippen LogP contribution >= 0.6 is 11.3 Å². The molecule has 1 atom stereocenters. The smallest absolute Gasteiger partial charge is 0.261 e. The average molecular weight is 562 g/mol. The molecule has 3 aromatic rings. The first-order chi connectivity index (χ1) is 18.8. The van der Waals surface area contributed by atoms with Gasteiger partial charge in [-0.2, -0.15) is 5.26 Å². The van der Waals surface area contributed by atoms with Crippen molar-refractivity contribution >= 4 is 28.0 Å². The molecule has 1 saturated heterocycles. The Morgan fingerprint density at radius 3 is 2.49 bits per heavy atom. The molecule has 1 spiro atoms. The van der Waals surface area contributed by atoms with Crippen molar-refractivity contribution in [3.8, 4) is 6.07 Å². The first kappa shape index (κ1) is 27.7. The Bertz CT molecular complexity index is 1410. The number of likely N-dealkylation sites (tertiary alicyclic amines) is 1. The first-order valence-corrected chi connectivity index (χ1v) is 15.7. The summed E-state index contributed by atoms with van der Waals surface area (Å²) in [6.45, 7) is 9.94. The number of hydrogen-bond donors (Lipinski definition) is 1. The number of ether oxygens (including phenoxy) is 1. The van der Waals surface area contributed by atoms with Crippen LogP contribution in [0.25, 0.3) is 0 Å². The lowest BCUT2D eigenvalue weighted by Gasteiger charge is -2.44. The molecule has 2 aliphatic heterocycles. The van der Waals surface area contributed by atoms with Gasteiger partial charge in [-0.05, 0) is 91.3 Å². The Labute approximate surface area is 237 Å². The van der Waals surface area contributed by atoms with Gasteiger partial charge in [0.2, 0.25) is 0 Å². The molecule has 3 heterocycles. The molecule has 2 aliphatic rings. The molecule has 1 N–H and O–H groups in total.